The second-order valence-electron chi connectivity index (χ2n) is 10.8. The largest absolute Gasteiger partial charge is 0.497 e. The number of rotatable bonds is 16. The zero-order valence-electron chi connectivity index (χ0n) is 26.2. The van der Waals surface area contributed by atoms with Crippen LogP contribution in [0.2, 0.25) is 0 Å². The van der Waals surface area contributed by atoms with E-state index in [2.05, 4.69) is 6.92 Å². The summed E-state index contributed by atoms with van der Waals surface area (Å²) in [6, 6.07) is 28.7. The summed E-state index contributed by atoms with van der Waals surface area (Å²) in [4.78, 5) is 13.0. The van der Waals surface area contributed by atoms with Crippen LogP contribution in [0.1, 0.15) is 36.5 Å². The molecule has 1 unspecified atom stereocenters. The number of methoxy groups -OCH3 is 2. The van der Waals surface area contributed by atoms with E-state index in [-0.39, 0.29) is 28.8 Å². The molecule has 0 saturated carbocycles. The summed E-state index contributed by atoms with van der Waals surface area (Å²) in [6.07, 6.45) is 0.733. The number of hydrogen-bond donors (Lipinski definition) is 0. The van der Waals surface area contributed by atoms with Crippen LogP contribution in [0.4, 0.5) is 0 Å². The van der Waals surface area contributed by atoms with Crippen molar-refractivity contribution >= 4 is 15.8 Å². The van der Waals surface area contributed by atoms with Crippen molar-refractivity contribution in [3.63, 3.8) is 0 Å². The van der Waals surface area contributed by atoms with Crippen molar-refractivity contribution in [3.8, 4) is 17.2 Å². The van der Waals surface area contributed by atoms with Crippen LogP contribution in [-0.2, 0) is 34.3 Å². The Morgan fingerprint density at radius 3 is 1.69 bits per heavy atom. The van der Waals surface area contributed by atoms with E-state index in [0.29, 0.717) is 37.7 Å². The molecule has 4 aromatic rings. The number of aryl methyl sites for hydroxylation is 1. The van der Waals surface area contributed by atoms with Crippen molar-refractivity contribution in [2.24, 2.45) is 0 Å². The van der Waals surface area contributed by atoms with Gasteiger partial charge in [0.1, 0.15) is 23.9 Å². The van der Waals surface area contributed by atoms with Crippen LogP contribution in [0.5, 0.6) is 17.2 Å². The third-order valence-corrected chi connectivity index (χ3v) is 9.46. The number of carbonyl (C=O) groups excluding carboxylic acids is 1. The maximum absolute atomic E-state index is 13.0. The summed E-state index contributed by atoms with van der Waals surface area (Å²) in [6.45, 7) is 5.45. The minimum Gasteiger partial charge on any atom is -0.497 e. The third-order valence-electron chi connectivity index (χ3n) is 7.67. The highest BCUT2D eigenvalue weighted by atomic mass is 32.2. The van der Waals surface area contributed by atoms with Gasteiger partial charge >= 0.3 is 5.97 Å². The highest BCUT2D eigenvalue weighted by Crippen LogP contribution is 2.38. The number of ether oxygens (including phenoxy) is 5. The first-order valence-corrected chi connectivity index (χ1v) is 16.2. The van der Waals surface area contributed by atoms with Crippen LogP contribution < -0.4 is 9.47 Å². The molecule has 4 aromatic carbocycles. The Hall–Kier alpha value is -4.18. The smallest absolute Gasteiger partial charge is 0.305 e. The van der Waals surface area contributed by atoms with Gasteiger partial charge in [-0.05, 0) is 85.1 Å². The zero-order chi connectivity index (χ0) is 32.3. The van der Waals surface area contributed by atoms with Crippen molar-refractivity contribution in [1.82, 2.24) is 0 Å². The molecule has 45 heavy (non-hydrogen) atoms. The molecule has 8 nitrogen and oxygen atoms in total. The van der Waals surface area contributed by atoms with E-state index < -0.39 is 15.3 Å². The molecule has 0 bridgehead atoms. The minimum atomic E-state index is -3.63. The van der Waals surface area contributed by atoms with Crippen molar-refractivity contribution in [1.29, 1.82) is 0 Å². The van der Waals surface area contributed by atoms with Crippen molar-refractivity contribution in [3.05, 3.63) is 114 Å². The van der Waals surface area contributed by atoms with Crippen LogP contribution in [0, 0.1) is 6.92 Å². The quantitative estimate of drug-likeness (QED) is 0.0970. The molecule has 9 heteroatoms. The van der Waals surface area contributed by atoms with Crippen LogP contribution in [0.15, 0.2) is 107 Å². The molecule has 0 amide bonds. The number of hydrogen-bond acceptors (Lipinski definition) is 8. The second kappa shape index (κ2) is 15.7. The Bertz CT molecular complexity index is 1610. The molecule has 1 atom stereocenters. The van der Waals surface area contributed by atoms with Gasteiger partial charge in [-0.1, -0.05) is 48.9 Å². The second-order valence-corrected chi connectivity index (χ2v) is 12.8. The molecule has 0 N–H and O–H groups in total. The first-order chi connectivity index (χ1) is 21.7. The fourth-order valence-electron chi connectivity index (χ4n) is 4.86. The molecular formula is C36H40O8S. The monoisotopic (exact) mass is 632 g/mol. The highest BCUT2D eigenvalue weighted by Gasteiger charge is 2.30. The van der Waals surface area contributed by atoms with E-state index >= 15 is 0 Å². The summed E-state index contributed by atoms with van der Waals surface area (Å²) in [5.41, 5.74) is 2.50. The normalized spacial score (nSPS) is 12.7. The molecule has 0 heterocycles. The Kier molecular flexibility index (Phi) is 11.8. The molecule has 0 aliphatic carbocycles. The average Bonchev–Trinajstić information content (AvgIpc) is 3.06. The molecule has 0 aliphatic heterocycles. The first kappa shape index (κ1) is 33.7. The molecule has 238 valence electrons. The predicted octanol–water partition coefficient (Wildman–Crippen LogP) is 6.92. The van der Waals surface area contributed by atoms with Gasteiger partial charge in [0.2, 0.25) is 9.84 Å². The maximum atomic E-state index is 13.0. The number of carbonyl (C=O) groups is 1. The first-order valence-electron chi connectivity index (χ1n) is 14.7. The zero-order valence-corrected chi connectivity index (χ0v) is 27.0. The number of benzene rings is 4. The molecule has 0 spiro atoms. The molecule has 0 fully saturated rings. The Morgan fingerprint density at radius 2 is 1.16 bits per heavy atom. The van der Waals surface area contributed by atoms with Gasteiger partial charge in [0.25, 0.3) is 0 Å². The lowest BCUT2D eigenvalue weighted by Gasteiger charge is -2.31. The number of sulfone groups is 1. The minimum absolute atomic E-state index is 0.187. The van der Waals surface area contributed by atoms with E-state index in [1.165, 1.54) is 0 Å². The van der Waals surface area contributed by atoms with Crippen molar-refractivity contribution in [2.45, 2.75) is 41.9 Å². The topological polar surface area (TPSA) is 97.4 Å². The van der Waals surface area contributed by atoms with Crippen molar-refractivity contribution in [2.75, 3.05) is 40.6 Å². The van der Waals surface area contributed by atoms with E-state index in [0.717, 1.165) is 22.4 Å². The van der Waals surface area contributed by atoms with Crippen LogP contribution in [-0.4, -0.2) is 55.0 Å². The van der Waals surface area contributed by atoms with Crippen molar-refractivity contribution < 1.29 is 36.9 Å². The van der Waals surface area contributed by atoms with E-state index in [1.807, 2.05) is 55.5 Å². The lowest BCUT2D eigenvalue weighted by atomic mass is 9.73. The molecular weight excluding hydrogens is 592 g/mol. The lowest BCUT2D eigenvalue weighted by Crippen LogP contribution is -2.25. The Balaban J connectivity index is 1.45. The average molecular weight is 633 g/mol. The Morgan fingerprint density at radius 1 is 0.667 bits per heavy atom. The van der Waals surface area contributed by atoms with Crippen LogP contribution in [0.3, 0.4) is 0 Å². The SMILES string of the molecule is COCCOCCOC(=O)CCC(C)(c1ccc(OC)cc1)c1ccc(Oc2ccc(S(=O)(=O)c3ccc(C)cc3)cc2)cc1. The molecule has 0 radical (unpaired) electrons. The summed E-state index contributed by atoms with van der Waals surface area (Å²) in [5, 5.41) is 0. The molecule has 4 rings (SSSR count). The highest BCUT2D eigenvalue weighted by molar-refractivity contribution is 7.91. The van der Waals surface area contributed by atoms with E-state index in [1.54, 1.807) is 62.8 Å². The fraction of sp³-hybridized carbons (Fsp3) is 0.306. The fourth-order valence-corrected chi connectivity index (χ4v) is 6.13. The van der Waals surface area contributed by atoms with Gasteiger partial charge in [-0.15, -0.1) is 0 Å². The maximum Gasteiger partial charge on any atom is 0.305 e. The van der Waals surface area contributed by atoms with Gasteiger partial charge in [0.15, 0.2) is 0 Å². The third kappa shape index (κ3) is 8.94. The van der Waals surface area contributed by atoms with Gasteiger partial charge in [-0.2, -0.15) is 0 Å². The summed E-state index contributed by atoms with van der Waals surface area (Å²) < 4.78 is 53.1. The summed E-state index contributed by atoms with van der Waals surface area (Å²) >= 11 is 0. The van der Waals surface area contributed by atoms with Gasteiger partial charge in [-0.25, -0.2) is 8.42 Å². The Labute approximate surface area is 265 Å². The predicted molar refractivity (Wildman–Crippen MR) is 172 cm³/mol. The standard InChI is InChI=1S/C36H40O8S/c1-27-5-17-33(18-6-27)45(38,39)34-19-15-32(16-20-34)44-31-13-9-29(10-14-31)36(2,28-7-11-30(41-4)12-8-28)22-21-35(37)43-26-25-42-24-23-40-3/h5-20H,21-26H2,1-4H3. The van der Waals surface area contributed by atoms with Crippen LogP contribution >= 0.6 is 0 Å². The molecule has 0 saturated heterocycles. The van der Waals surface area contributed by atoms with Gasteiger partial charge in [-0.3, -0.25) is 4.79 Å². The summed E-state index contributed by atoms with van der Waals surface area (Å²) in [7, 11) is -0.401. The number of esters is 1. The molecule has 0 aliphatic rings. The van der Waals surface area contributed by atoms with Gasteiger partial charge in [0, 0.05) is 18.9 Å². The van der Waals surface area contributed by atoms with E-state index in [9.17, 15) is 13.2 Å². The van der Waals surface area contributed by atoms with Gasteiger partial charge < -0.3 is 23.7 Å². The lowest BCUT2D eigenvalue weighted by molar-refractivity contribution is -0.145. The summed E-state index contributed by atoms with van der Waals surface area (Å²) in [5.74, 6) is 1.56. The van der Waals surface area contributed by atoms with Gasteiger partial charge in [0.05, 0.1) is 36.7 Å². The molecule has 0 aromatic heterocycles. The van der Waals surface area contributed by atoms with Crippen LogP contribution in [0.25, 0.3) is 0 Å². The van der Waals surface area contributed by atoms with E-state index in [4.69, 9.17) is 23.7 Å².